The molecule has 0 radical (unpaired) electrons. The van der Waals surface area contributed by atoms with Gasteiger partial charge in [0.25, 0.3) is 5.56 Å². The maximum absolute atomic E-state index is 13.8. The van der Waals surface area contributed by atoms with Crippen molar-refractivity contribution in [3.05, 3.63) is 136 Å². The summed E-state index contributed by atoms with van der Waals surface area (Å²) in [5.74, 6) is 0.0530. The van der Waals surface area contributed by atoms with E-state index < -0.39 is 17.8 Å². The van der Waals surface area contributed by atoms with E-state index in [1.165, 1.54) is 16.7 Å². The van der Waals surface area contributed by atoms with Gasteiger partial charge in [-0.3, -0.25) is 14.2 Å². The second kappa shape index (κ2) is 11.4. The first-order valence-corrected chi connectivity index (χ1v) is 13.1. The zero-order valence-corrected chi connectivity index (χ0v) is 22.5. The summed E-state index contributed by atoms with van der Waals surface area (Å²) < 4.78 is 40.8. The number of hydrogen-bond donors (Lipinski definition) is 0. The SMILES string of the molecule is Cc1ccc(-n2c([C@@H](C)N(Cc3ccc[nH+]c3)C(=O)Cc3ccc(C(F)(F)F)cc3)nc3ccccc3c2=O)cc1. The van der Waals surface area contributed by atoms with E-state index in [-0.39, 0.29) is 24.4 Å². The Morgan fingerprint density at radius 3 is 2.32 bits per heavy atom. The van der Waals surface area contributed by atoms with Crippen molar-refractivity contribution in [2.75, 3.05) is 0 Å². The van der Waals surface area contributed by atoms with Crippen LogP contribution in [0.3, 0.4) is 0 Å². The number of nitrogens with zero attached hydrogens (tertiary/aromatic N) is 3. The summed E-state index contributed by atoms with van der Waals surface area (Å²) >= 11 is 0. The smallest absolute Gasteiger partial charge is 0.328 e. The van der Waals surface area contributed by atoms with Gasteiger partial charge in [-0.2, -0.15) is 13.2 Å². The van der Waals surface area contributed by atoms with Gasteiger partial charge in [0.05, 0.1) is 41.2 Å². The van der Waals surface area contributed by atoms with Crippen molar-refractivity contribution in [3.63, 3.8) is 0 Å². The molecular weight excluding hydrogens is 529 g/mol. The zero-order chi connectivity index (χ0) is 29.1. The highest BCUT2D eigenvalue weighted by molar-refractivity contribution is 5.80. The topological polar surface area (TPSA) is 69.3 Å². The van der Waals surface area contributed by atoms with Crippen molar-refractivity contribution in [3.8, 4) is 5.69 Å². The summed E-state index contributed by atoms with van der Waals surface area (Å²) in [5.41, 5.74) is 2.37. The Hall–Kier alpha value is -4.79. The molecule has 0 bridgehead atoms. The molecule has 5 aromatic rings. The largest absolute Gasteiger partial charge is 0.416 e. The van der Waals surface area contributed by atoms with Crippen molar-refractivity contribution in [2.45, 2.75) is 39.0 Å². The number of fused-ring (bicyclic) bond motifs is 1. The Morgan fingerprint density at radius 2 is 1.66 bits per heavy atom. The van der Waals surface area contributed by atoms with Gasteiger partial charge in [-0.1, -0.05) is 42.0 Å². The number of pyridine rings is 1. The van der Waals surface area contributed by atoms with Gasteiger partial charge in [0.1, 0.15) is 5.82 Å². The lowest BCUT2D eigenvalue weighted by atomic mass is 10.1. The van der Waals surface area contributed by atoms with Crippen LogP contribution in [0, 0.1) is 6.92 Å². The number of alkyl halides is 3. The predicted molar refractivity (Wildman–Crippen MR) is 149 cm³/mol. The fraction of sp³-hybridized carbons (Fsp3) is 0.188. The molecule has 1 atom stereocenters. The van der Waals surface area contributed by atoms with Gasteiger partial charge in [0.15, 0.2) is 12.4 Å². The van der Waals surface area contributed by atoms with E-state index >= 15 is 0 Å². The number of aromatic amines is 1. The number of halogens is 3. The molecule has 208 valence electrons. The van der Waals surface area contributed by atoms with Crippen LogP contribution in [0.4, 0.5) is 13.2 Å². The van der Waals surface area contributed by atoms with Crippen LogP contribution >= 0.6 is 0 Å². The molecule has 1 amide bonds. The van der Waals surface area contributed by atoms with Gasteiger partial charge in [0, 0.05) is 11.6 Å². The number of aromatic nitrogens is 3. The molecule has 6 nitrogen and oxygen atoms in total. The van der Waals surface area contributed by atoms with Crippen LogP contribution in [0.5, 0.6) is 0 Å². The molecule has 0 fully saturated rings. The number of aryl methyl sites for hydroxylation is 1. The van der Waals surface area contributed by atoms with Crippen molar-refractivity contribution >= 4 is 16.8 Å². The number of H-pyrrole nitrogens is 1. The summed E-state index contributed by atoms with van der Waals surface area (Å²) in [6, 6.07) is 22.1. The molecule has 2 aromatic heterocycles. The minimum absolute atomic E-state index is 0.124. The van der Waals surface area contributed by atoms with Gasteiger partial charge in [-0.05, 0) is 61.9 Å². The van der Waals surface area contributed by atoms with Gasteiger partial charge in [0.2, 0.25) is 5.91 Å². The van der Waals surface area contributed by atoms with Crippen molar-refractivity contribution in [1.82, 2.24) is 14.5 Å². The Balaban J connectivity index is 1.59. The molecule has 0 aliphatic heterocycles. The van der Waals surface area contributed by atoms with E-state index in [0.29, 0.717) is 28.0 Å². The lowest BCUT2D eigenvalue weighted by Gasteiger charge is -2.30. The van der Waals surface area contributed by atoms with E-state index in [1.807, 2.05) is 43.3 Å². The van der Waals surface area contributed by atoms with Crippen LogP contribution in [-0.2, 0) is 23.9 Å². The monoisotopic (exact) mass is 557 g/mol. The molecule has 0 spiro atoms. The molecule has 1 N–H and O–H groups in total. The molecule has 0 aliphatic carbocycles. The van der Waals surface area contributed by atoms with Gasteiger partial charge >= 0.3 is 6.18 Å². The lowest BCUT2D eigenvalue weighted by Crippen LogP contribution is -2.38. The summed E-state index contributed by atoms with van der Waals surface area (Å²) in [5, 5.41) is 0.448. The molecule has 9 heteroatoms. The lowest BCUT2D eigenvalue weighted by molar-refractivity contribution is -0.378. The first-order valence-electron chi connectivity index (χ1n) is 13.1. The molecule has 0 aliphatic rings. The average Bonchev–Trinajstić information content (AvgIpc) is 2.96. The number of nitrogens with one attached hydrogen (secondary N) is 1. The second-order valence-corrected chi connectivity index (χ2v) is 9.94. The van der Waals surface area contributed by atoms with Crippen LogP contribution in [-0.4, -0.2) is 20.4 Å². The van der Waals surface area contributed by atoms with Crippen molar-refractivity contribution < 1.29 is 22.9 Å². The highest BCUT2D eigenvalue weighted by Crippen LogP contribution is 2.30. The fourth-order valence-electron chi connectivity index (χ4n) is 4.77. The molecule has 3 aromatic carbocycles. The van der Waals surface area contributed by atoms with E-state index in [4.69, 9.17) is 4.98 Å². The van der Waals surface area contributed by atoms with E-state index in [2.05, 4.69) is 4.98 Å². The number of hydrogen-bond acceptors (Lipinski definition) is 3. The normalized spacial score (nSPS) is 12.3. The zero-order valence-electron chi connectivity index (χ0n) is 22.5. The van der Waals surface area contributed by atoms with Crippen LogP contribution in [0.1, 0.15) is 41.0 Å². The Bertz CT molecular complexity index is 1730. The number of amides is 1. The number of para-hydroxylation sites is 1. The van der Waals surface area contributed by atoms with Crippen LogP contribution in [0.25, 0.3) is 16.6 Å². The van der Waals surface area contributed by atoms with Crippen LogP contribution in [0.2, 0.25) is 0 Å². The Morgan fingerprint density at radius 1 is 0.951 bits per heavy atom. The third kappa shape index (κ3) is 6.04. The highest BCUT2D eigenvalue weighted by Gasteiger charge is 2.31. The molecule has 0 saturated carbocycles. The van der Waals surface area contributed by atoms with E-state index in [0.717, 1.165) is 23.3 Å². The average molecular weight is 558 g/mol. The molecule has 2 heterocycles. The van der Waals surface area contributed by atoms with Crippen molar-refractivity contribution in [1.29, 1.82) is 0 Å². The molecule has 41 heavy (non-hydrogen) atoms. The molecule has 5 rings (SSSR count). The highest BCUT2D eigenvalue weighted by atomic mass is 19.4. The van der Waals surface area contributed by atoms with Gasteiger partial charge < -0.3 is 4.90 Å². The number of rotatable bonds is 7. The van der Waals surface area contributed by atoms with Gasteiger partial charge in [-0.15, -0.1) is 0 Å². The summed E-state index contributed by atoms with van der Waals surface area (Å²) in [6.45, 7) is 3.94. The second-order valence-electron chi connectivity index (χ2n) is 9.94. The van der Waals surface area contributed by atoms with Crippen LogP contribution < -0.4 is 10.5 Å². The maximum atomic E-state index is 13.8. The Labute approximate surface area is 234 Å². The summed E-state index contributed by atoms with van der Waals surface area (Å²) in [7, 11) is 0. The summed E-state index contributed by atoms with van der Waals surface area (Å²) in [6.07, 6.45) is -1.07. The first-order chi connectivity index (χ1) is 19.6. The van der Waals surface area contributed by atoms with E-state index in [9.17, 15) is 22.8 Å². The third-order valence-electron chi connectivity index (χ3n) is 7.02. The number of carbonyl (C=O) groups is 1. The minimum Gasteiger partial charge on any atom is -0.328 e. The van der Waals surface area contributed by atoms with Crippen LogP contribution in [0.15, 0.2) is 102 Å². The van der Waals surface area contributed by atoms with Crippen molar-refractivity contribution in [2.24, 2.45) is 0 Å². The van der Waals surface area contributed by atoms with Gasteiger partial charge in [-0.25, -0.2) is 9.97 Å². The molecule has 0 saturated heterocycles. The molecule has 0 unspecified atom stereocenters. The Kier molecular flexibility index (Phi) is 7.70. The first kappa shape index (κ1) is 27.8. The summed E-state index contributed by atoms with van der Waals surface area (Å²) in [4.78, 5) is 37.1. The quantitative estimate of drug-likeness (QED) is 0.252. The predicted octanol–water partition coefficient (Wildman–Crippen LogP) is 5.86. The fourth-order valence-corrected chi connectivity index (χ4v) is 4.77. The third-order valence-corrected chi connectivity index (χ3v) is 7.02. The minimum atomic E-state index is -4.46. The number of carbonyl (C=O) groups excluding carboxylic acids is 1. The number of benzene rings is 3. The standard InChI is InChI=1S/C32H27F3N4O2/c1-21-9-15-26(16-10-21)39-30(37-28-8-4-3-7-27(28)31(39)41)22(2)38(20-24-6-5-17-36-19-24)29(40)18-23-11-13-25(14-12-23)32(33,34)35/h3-17,19,22H,18,20H2,1-2H3/p+1/t22-/m1/s1. The molecular formula is C32H28F3N4O2+. The maximum Gasteiger partial charge on any atom is 0.416 e. The van der Waals surface area contributed by atoms with E-state index in [1.54, 1.807) is 48.5 Å².